The van der Waals surface area contributed by atoms with Crippen molar-refractivity contribution in [2.75, 3.05) is 13.2 Å². The molecule has 29 heavy (non-hydrogen) atoms. The van der Waals surface area contributed by atoms with E-state index >= 15 is 0 Å². The molecule has 0 atom stereocenters. The van der Waals surface area contributed by atoms with Crippen LogP contribution in [0.15, 0.2) is 59.0 Å². The van der Waals surface area contributed by atoms with E-state index in [9.17, 15) is 4.79 Å². The van der Waals surface area contributed by atoms with Crippen molar-refractivity contribution in [3.63, 3.8) is 0 Å². The Hall–Kier alpha value is -3.33. The summed E-state index contributed by atoms with van der Waals surface area (Å²) >= 11 is 1.59. The molecule has 0 saturated heterocycles. The Morgan fingerprint density at radius 2 is 2.00 bits per heavy atom. The second kappa shape index (κ2) is 8.78. The largest absolute Gasteiger partial charge is 0.486 e. The predicted octanol–water partition coefficient (Wildman–Crippen LogP) is 2.64. The zero-order chi connectivity index (χ0) is 20.1. The molecule has 148 valence electrons. The maximum Gasteiger partial charge on any atom is 0.271 e. The molecular weight excluding hydrogens is 390 g/mol. The molecule has 1 aliphatic rings. The van der Waals surface area contributed by atoms with E-state index in [1.165, 1.54) is 0 Å². The van der Waals surface area contributed by atoms with E-state index in [4.69, 9.17) is 9.47 Å². The topological polar surface area (TPSA) is 90.6 Å². The Kier molecular flexibility index (Phi) is 5.76. The van der Waals surface area contributed by atoms with Gasteiger partial charge in [-0.2, -0.15) is 5.10 Å². The van der Waals surface area contributed by atoms with Crippen molar-refractivity contribution in [2.45, 2.75) is 10.9 Å². The fraction of sp³-hybridized carbons (Fsp3) is 0.200. The number of carbonyl (C=O) groups excluding carboxylic acids is 1. The minimum absolute atomic E-state index is 0.272. The third kappa shape index (κ3) is 4.75. The van der Waals surface area contributed by atoms with Crippen LogP contribution in [0.25, 0.3) is 0 Å². The van der Waals surface area contributed by atoms with Gasteiger partial charge in [0.05, 0.1) is 6.21 Å². The first kappa shape index (κ1) is 19.0. The van der Waals surface area contributed by atoms with Crippen LogP contribution in [-0.2, 0) is 12.8 Å². The van der Waals surface area contributed by atoms with Crippen molar-refractivity contribution < 1.29 is 14.3 Å². The van der Waals surface area contributed by atoms with Gasteiger partial charge in [0.2, 0.25) is 0 Å². The number of nitrogens with one attached hydrogen (secondary N) is 1. The molecule has 1 aliphatic heterocycles. The molecular formula is C20H19N5O3S. The molecule has 0 bridgehead atoms. The molecule has 3 aromatic rings. The number of benzene rings is 2. The highest BCUT2D eigenvalue weighted by Gasteiger charge is 2.11. The number of aromatic nitrogens is 3. The molecule has 1 aromatic heterocycles. The summed E-state index contributed by atoms with van der Waals surface area (Å²) in [7, 11) is 1.90. The average molecular weight is 409 g/mol. The van der Waals surface area contributed by atoms with Crippen LogP contribution in [0.1, 0.15) is 21.5 Å². The van der Waals surface area contributed by atoms with Gasteiger partial charge in [-0.05, 0) is 41.5 Å². The minimum Gasteiger partial charge on any atom is -0.486 e. The predicted molar refractivity (Wildman–Crippen MR) is 109 cm³/mol. The van der Waals surface area contributed by atoms with Gasteiger partial charge in [0, 0.05) is 18.4 Å². The van der Waals surface area contributed by atoms with Gasteiger partial charge in [-0.15, -0.1) is 10.2 Å². The average Bonchev–Trinajstić information content (AvgIpc) is 3.17. The number of amides is 1. The van der Waals surface area contributed by atoms with Crippen LogP contribution in [0.5, 0.6) is 11.5 Å². The number of carbonyl (C=O) groups is 1. The van der Waals surface area contributed by atoms with Gasteiger partial charge >= 0.3 is 0 Å². The Labute approximate surface area is 171 Å². The van der Waals surface area contributed by atoms with E-state index in [1.807, 2.05) is 41.9 Å². The van der Waals surface area contributed by atoms with Crippen LogP contribution in [0.2, 0.25) is 0 Å². The number of hydrogen-bond acceptors (Lipinski definition) is 7. The van der Waals surface area contributed by atoms with Gasteiger partial charge < -0.3 is 14.0 Å². The van der Waals surface area contributed by atoms with Crippen molar-refractivity contribution in [3.8, 4) is 11.5 Å². The zero-order valence-corrected chi connectivity index (χ0v) is 16.6. The zero-order valence-electron chi connectivity index (χ0n) is 15.7. The highest BCUT2D eigenvalue weighted by Crippen LogP contribution is 2.30. The highest BCUT2D eigenvalue weighted by molar-refractivity contribution is 7.98. The molecule has 9 heteroatoms. The van der Waals surface area contributed by atoms with E-state index in [1.54, 1.807) is 36.4 Å². The third-order valence-electron chi connectivity index (χ3n) is 4.20. The summed E-state index contributed by atoms with van der Waals surface area (Å²) < 4.78 is 12.9. The summed E-state index contributed by atoms with van der Waals surface area (Å²) in [5.74, 6) is 1.87. The monoisotopic (exact) mass is 409 g/mol. The molecule has 4 rings (SSSR count). The van der Waals surface area contributed by atoms with Crippen molar-refractivity contribution in [3.05, 3.63) is 65.5 Å². The quantitative estimate of drug-likeness (QED) is 0.382. The van der Waals surface area contributed by atoms with Crippen LogP contribution in [0.3, 0.4) is 0 Å². The number of rotatable bonds is 6. The molecule has 0 unspecified atom stereocenters. The first-order valence-corrected chi connectivity index (χ1v) is 9.96. The number of aryl methyl sites for hydroxylation is 1. The summed E-state index contributed by atoms with van der Waals surface area (Å²) in [6.07, 6.45) is 3.24. The normalized spacial score (nSPS) is 12.9. The lowest BCUT2D eigenvalue weighted by Crippen LogP contribution is -2.17. The Morgan fingerprint density at radius 1 is 1.21 bits per heavy atom. The minimum atomic E-state index is -0.272. The van der Waals surface area contributed by atoms with Crippen LogP contribution < -0.4 is 14.9 Å². The third-order valence-corrected chi connectivity index (χ3v) is 5.31. The Balaban J connectivity index is 1.31. The molecule has 0 radical (unpaired) electrons. The lowest BCUT2D eigenvalue weighted by atomic mass is 10.1. The number of thioether (sulfide) groups is 1. The second-order valence-corrected chi connectivity index (χ2v) is 7.25. The summed E-state index contributed by atoms with van der Waals surface area (Å²) in [5.41, 5.74) is 4.98. The van der Waals surface area contributed by atoms with Crippen molar-refractivity contribution >= 4 is 23.9 Å². The fourth-order valence-electron chi connectivity index (χ4n) is 2.67. The standard InChI is InChI=1S/C20H19N5O3S/c1-25-13-22-24-20(25)29-12-14-2-5-16(6-3-14)19(26)23-21-11-15-4-7-17-18(10-15)28-9-8-27-17/h2-7,10-11,13H,8-9,12H2,1H3,(H,23,26)/b21-11-. The van der Waals surface area contributed by atoms with Crippen LogP contribution in [-0.4, -0.2) is 40.1 Å². The number of fused-ring (bicyclic) bond motifs is 1. The van der Waals surface area contributed by atoms with Gasteiger partial charge in [-0.3, -0.25) is 4.79 Å². The lowest BCUT2D eigenvalue weighted by Gasteiger charge is -2.18. The van der Waals surface area contributed by atoms with Crippen LogP contribution in [0.4, 0.5) is 0 Å². The molecule has 0 saturated carbocycles. The second-order valence-electron chi connectivity index (χ2n) is 6.31. The molecule has 2 aromatic carbocycles. The van der Waals surface area contributed by atoms with Gasteiger partial charge in [0.15, 0.2) is 16.7 Å². The first-order chi connectivity index (χ1) is 14.2. The molecule has 1 amide bonds. The van der Waals surface area contributed by atoms with Crippen LogP contribution in [0, 0.1) is 0 Å². The Bertz CT molecular complexity index is 1030. The van der Waals surface area contributed by atoms with Crippen LogP contribution >= 0.6 is 11.8 Å². The lowest BCUT2D eigenvalue weighted by molar-refractivity contribution is 0.0955. The van der Waals surface area contributed by atoms with E-state index in [0.29, 0.717) is 24.5 Å². The highest BCUT2D eigenvalue weighted by atomic mass is 32.2. The summed E-state index contributed by atoms with van der Waals surface area (Å²) in [6, 6.07) is 12.9. The molecule has 1 N–H and O–H groups in total. The van der Waals surface area contributed by atoms with E-state index in [0.717, 1.165) is 27.8 Å². The van der Waals surface area contributed by atoms with Crippen molar-refractivity contribution in [1.82, 2.24) is 20.2 Å². The van der Waals surface area contributed by atoms with Gasteiger partial charge in [-0.1, -0.05) is 23.9 Å². The van der Waals surface area contributed by atoms with Gasteiger partial charge in [0.25, 0.3) is 5.91 Å². The van der Waals surface area contributed by atoms with Crippen molar-refractivity contribution in [1.29, 1.82) is 0 Å². The number of nitrogens with zero attached hydrogens (tertiary/aromatic N) is 4. The molecule has 0 spiro atoms. The number of hydrazone groups is 1. The van der Waals surface area contributed by atoms with E-state index in [2.05, 4.69) is 20.7 Å². The van der Waals surface area contributed by atoms with Crippen molar-refractivity contribution in [2.24, 2.45) is 12.1 Å². The summed E-state index contributed by atoms with van der Waals surface area (Å²) in [5, 5.41) is 12.8. The molecule has 2 heterocycles. The maximum absolute atomic E-state index is 12.3. The molecule has 0 fully saturated rings. The summed E-state index contributed by atoms with van der Waals surface area (Å²) in [6.45, 7) is 1.08. The molecule has 8 nitrogen and oxygen atoms in total. The van der Waals surface area contributed by atoms with Gasteiger partial charge in [-0.25, -0.2) is 5.43 Å². The fourth-order valence-corrected chi connectivity index (χ4v) is 3.52. The first-order valence-electron chi connectivity index (χ1n) is 8.98. The maximum atomic E-state index is 12.3. The van der Waals surface area contributed by atoms with E-state index in [-0.39, 0.29) is 5.91 Å². The number of hydrogen-bond donors (Lipinski definition) is 1. The molecule has 0 aliphatic carbocycles. The smallest absolute Gasteiger partial charge is 0.271 e. The SMILES string of the molecule is Cn1cnnc1SCc1ccc(C(=O)N/N=C\c2ccc3c(c2)OCCO3)cc1. The number of ether oxygens (including phenoxy) is 2. The summed E-state index contributed by atoms with van der Waals surface area (Å²) in [4.78, 5) is 12.3. The van der Waals surface area contributed by atoms with Gasteiger partial charge in [0.1, 0.15) is 19.5 Å². The van der Waals surface area contributed by atoms with E-state index < -0.39 is 0 Å². The Morgan fingerprint density at radius 3 is 2.76 bits per heavy atom.